The number of halogens is 1. The molecule has 1 aliphatic heterocycles. The van der Waals surface area contributed by atoms with Crippen molar-refractivity contribution in [2.45, 2.75) is 31.8 Å². The third kappa shape index (κ3) is 5.76. The van der Waals surface area contributed by atoms with Gasteiger partial charge < -0.3 is 20.5 Å². The minimum atomic E-state index is -1.13. The summed E-state index contributed by atoms with van der Waals surface area (Å²) in [5.41, 5.74) is 2.67. The summed E-state index contributed by atoms with van der Waals surface area (Å²) in [6.07, 6.45) is 0. The molecule has 1 fully saturated rings. The van der Waals surface area contributed by atoms with Gasteiger partial charge in [-0.1, -0.05) is 67.1 Å². The predicted molar refractivity (Wildman–Crippen MR) is 141 cm³/mol. The lowest BCUT2D eigenvalue weighted by Crippen LogP contribution is -2.50. The number of aliphatic hydroxyl groups excluding tert-OH is 1. The summed E-state index contributed by atoms with van der Waals surface area (Å²) in [6.45, 7) is 3.71. The number of hydrogen-bond donors (Lipinski definition) is 3. The quantitative estimate of drug-likeness (QED) is 0.361. The lowest BCUT2D eigenvalue weighted by Gasteiger charge is -2.30. The Kier molecular flexibility index (Phi) is 8.11. The van der Waals surface area contributed by atoms with E-state index in [1.54, 1.807) is 43.3 Å². The maximum atomic E-state index is 13.7. The van der Waals surface area contributed by atoms with Gasteiger partial charge in [-0.05, 0) is 47.9 Å². The number of ether oxygens (including phenoxy) is 1. The van der Waals surface area contributed by atoms with Crippen LogP contribution in [0.5, 0.6) is 5.75 Å². The number of benzene rings is 3. The van der Waals surface area contributed by atoms with Gasteiger partial charge in [-0.2, -0.15) is 0 Å². The zero-order valence-corrected chi connectivity index (χ0v) is 21.2. The molecule has 0 aromatic heterocycles. The van der Waals surface area contributed by atoms with Gasteiger partial charge in [-0.15, -0.1) is 0 Å². The fraction of sp³-hybridized carbons (Fsp3) is 0.250. The Morgan fingerprint density at radius 2 is 1.81 bits per heavy atom. The van der Waals surface area contributed by atoms with E-state index in [-0.39, 0.29) is 13.2 Å². The summed E-state index contributed by atoms with van der Waals surface area (Å²) < 4.78 is 5.37. The standard InChI is InChI=1S/C28H28ClN3O5/c1-17-8-13-23(22(29)16-17)30-26(34)25(18(2)19-6-4-3-5-7-19)32-27(35)24(31-28(32)36)20-9-11-21(12-10-20)37-15-14-33/h3-13,16,18,24-25,33H,14-15H2,1-2H3,(H,30,34)(H,31,36)/t18?,24-,25?/m1/s1. The van der Waals surface area contributed by atoms with Crippen molar-refractivity contribution < 1.29 is 24.2 Å². The molecule has 0 saturated carbocycles. The smallest absolute Gasteiger partial charge is 0.325 e. The Hall–Kier alpha value is -3.88. The molecular weight excluding hydrogens is 494 g/mol. The third-order valence-electron chi connectivity index (χ3n) is 6.27. The second-order valence-electron chi connectivity index (χ2n) is 8.85. The average molecular weight is 522 g/mol. The Balaban J connectivity index is 1.64. The number of aryl methyl sites for hydroxylation is 1. The maximum absolute atomic E-state index is 13.7. The highest BCUT2D eigenvalue weighted by Crippen LogP contribution is 2.32. The number of carbonyl (C=O) groups excluding carboxylic acids is 3. The lowest BCUT2D eigenvalue weighted by atomic mass is 9.91. The average Bonchev–Trinajstić information content (AvgIpc) is 3.19. The second kappa shape index (κ2) is 11.5. The fourth-order valence-electron chi connectivity index (χ4n) is 4.34. The van der Waals surface area contributed by atoms with Crippen molar-refractivity contribution in [2.24, 2.45) is 0 Å². The molecule has 2 unspecified atom stereocenters. The first-order chi connectivity index (χ1) is 17.8. The first kappa shape index (κ1) is 26.2. The van der Waals surface area contributed by atoms with Crippen LogP contribution in [0.2, 0.25) is 5.02 Å². The second-order valence-corrected chi connectivity index (χ2v) is 9.26. The normalized spacial score (nSPS) is 16.8. The molecule has 0 bridgehead atoms. The zero-order valence-electron chi connectivity index (χ0n) is 20.5. The number of nitrogens with one attached hydrogen (secondary N) is 2. The van der Waals surface area contributed by atoms with Crippen LogP contribution >= 0.6 is 11.6 Å². The van der Waals surface area contributed by atoms with Gasteiger partial charge in [0.05, 0.1) is 17.3 Å². The number of aliphatic hydroxyl groups is 1. The predicted octanol–water partition coefficient (Wildman–Crippen LogP) is 4.42. The van der Waals surface area contributed by atoms with Crippen LogP contribution in [0, 0.1) is 6.92 Å². The highest BCUT2D eigenvalue weighted by atomic mass is 35.5. The Labute approximate surface area is 220 Å². The van der Waals surface area contributed by atoms with Crippen molar-refractivity contribution in [3.8, 4) is 5.75 Å². The van der Waals surface area contributed by atoms with Gasteiger partial charge in [0.2, 0.25) is 5.91 Å². The molecule has 1 aliphatic rings. The highest BCUT2D eigenvalue weighted by molar-refractivity contribution is 6.33. The summed E-state index contributed by atoms with van der Waals surface area (Å²) >= 11 is 6.34. The van der Waals surface area contributed by atoms with Gasteiger partial charge in [0, 0.05) is 5.92 Å². The summed E-state index contributed by atoms with van der Waals surface area (Å²) in [5.74, 6) is -1.05. The molecular formula is C28H28ClN3O5. The molecule has 4 rings (SSSR count). The Morgan fingerprint density at radius 3 is 2.46 bits per heavy atom. The van der Waals surface area contributed by atoms with Gasteiger partial charge >= 0.3 is 6.03 Å². The van der Waals surface area contributed by atoms with Crippen molar-refractivity contribution >= 4 is 35.1 Å². The Morgan fingerprint density at radius 1 is 1.11 bits per heavy atom. The number of amides is 4. The van der Waals surface area contributed by atoms with E-state index in [0.29, 0.717) is 22.0 Å². The largest absolute Gasteiger partial charge is 0.491 e. The van der Waals surface area contributed by atoms with Gasteiger partial charge in [0.15, 0.2) is 0 Å². The van der Waals surface area contributed by atoms with Gasteiger partial charge in [0.1, 0.15) is 24.4 Å². The highest BCUT2D eigenvalue weighted by Gasteiger charge is 2.47. The SMILES string of the molecule is Cc1ccc(NC(=O)C(C(C)c2ccccc2)N2C(=O)N[C@H](c3ccc(OCCO)cc3)C2=O)c(Cl)c1. The number of nitrogens with zero attached hydrogens (tertiary/aromatic N) is 1. The van der Waals surface area contributed by atoms with E-state index in [1.165, 1.54) is 0 Å². The molecule has 192 valence electrons. The molecule has 3 aromatic carbocycles. The van der Waals surface area contributed by atoms with E-state index in [4.69, 9.17) is 21.4 Å². The lowest BCUT2D eigenvalue weighted by molar-refractivity contribution is -0.134. The molecule has 3 atom stereocenters. The first-order valence-corrected chi connectivity index (χ1v) is 12.3. The van der Waals surface area contributed by atoms with E-state index in [1.807, 2.05) is 43.3 Å². The monoisotopic (exact) mass is 521 g/mol. The topological polar surface area (TPSA) is 108 Å². The van der Waals surface area contributed by atoms with E-state index < -0.39 is 35.8 Å². The van der Waals surface area contributed by atoms with Crippen LogP contribution in [-0.2, 0) is 9.59 Å². The van der Waals surface area contributed by atoms with Gasteiger partial charge in [-0.3, -0.25) is 9.59 Å². The van der Waals surface area contributed by atoms with Crippen molar-refractivity contribution in [1.82, 2.24) is 10.2 Å². The minimum absolute atomic E-state index is 0.120. The molecule has 1 saturated heterocycles. The van der Waals surface area contributed by atoms with Gasteiger partial charge in [0.25, 0.3) is 5.91 Å². The number of imide groups is 1. The van der Waals surface area contributed by atoms with E-state index in [9.17, 15) is 14.4 Å². The number of rotatable bonds is 9. The summed E-state index contributed by atoms with van der Waals surface area (Å²) in [5, 5.41) is 14.8. The van der Waals surface area contributed by atoms with Crippen molar-refractivity contribution in [3.63, 3.8) is 0 Å². The van der Waals surface area contributed by atoms with Crippen molar-refractivity contribution in [1.29, 1.82) is 0 Å². The summed E-state index contributed by atoms with van der Waals surface area (Å²) in [7, 11) is 0. The molecule has 0 spiro atoms. The number of urea groups is 1. The van der Waals surface area contributed by atoms with Crippen LogP contribution in [0.1, 0.15) is 35.6 Å². The molecule has 1 heterocycles. The van der Waals surface area contributed by atoms with E-state index in [0.717, 1.165) is 16.0 Å². The van der Waals surface area contributed by atoms with Crippen LogP contribution in [0.25, 0.3) is 0 Å². The van der Waals surface area contributed by atoms with Crippen molar-refractivity contribution in [2.75, 3.05) is 18.5 Å². The molecule has 3 N–H and O–H groups in total. The zero-order chi connectivity index (χ0) is 26.5. The maximum Gasteiger partial charge on any atom is 0.325 e. The molecule has 8 nitrogen and oxygen atoms in total. The Bertz CT molecular complexity index is 1280. The molecule has 0 aliphatic carbocycles. The van der Waals surface area contributed by atoms with Crippen LogP contribution in [0.15, 0.2) is 72.8 Å². The molecule has 37 heavy (non-hydrogen) atoms. The van der Waals surface area contributed by atoms with Crippen LogP contribution in [0.4, 0.5) is 10.5 Å². The summed E-state index contributed by atoms with van der Waals surface area (Å²) in [6, 6.07) is 18.4. The van der Waals surface area contributed by atoms with Crippen LogP contribution in [0.3, 0.4) is 0 Å². The number of hydrogen-bond acceptors (Lipinski definition) is 5. The van der Waals surface area contributed by atoms with E-state index >= 15 is 0 Å². The number of carbonyl (C=O) groups is 3. The van der Waals surface area contributed by atoms with Crippen molar-refractivity contribution in [3.05, 3.63) is 94.5 Å². The molecule has 4 amide bonds. The fourth-order valence-corrected chi connectivity index (χ4v) is 4.62. The van der Waals surface area contributed by atoms with Crippen LogP contribution < -0.4 is 15.4 Å². The third-order valence-corrected chi connectivity index (χ3v) is 6.59. The summed E-state index contributed by atoms with van der Waals surface area (Å²) in [4.78, 5) is 41.4. The molecule has 9 heteroatoms. The molecule has 0 radical (unpaired) electrons. The first-order valence-electron chi connectivity index (χ1n) is 11.9. The van der Waals surface area contributed by atoms with Gasteiger partial charge in [-0.25, -0.2) is 9.69 Å². The molecule has 3 aromatic rings. The van der Waals surface area contributed by atoms with Crippen LogP contribution in [-0.4, -0.2) is 47.1 Å². The van der Waals surface area contributed by atoms with E-state index in [2.05, 4.69) is 10.6 Å². The minimum Gasteiger partial charge on any atom is -0.491 e. The number of anilines is 1.